The molecule has 0 atom stereocenters. The first-order chi connectivity index (χ1) is 9.95. The van der Waals surface area contributed by atoms with Crippen LogP contribution in [0.1, 0.15) is 5.56 Å². The summed E-state index contributed by atoms with van der Waals surface area (Å²) in [4.78, 5) is 0.995. The predicted molar refractivity (Wildman–Crippen MR) is 71.8 cm³/mol. The van der Waals surface area contributed by atoms with Crippen molar-refractivity contribution < 1.29 is 22.0 Å². The second-order valence-electron chi connectivity index (χ2n) is 4.15. The lowest BCUT2D eigenvalue weighted by molar-refractivity contribution is 0.381. The van der Waals surface area contributed by atoms with Crippen LogP contribution in [-0.2, 0) is 6.54 Å². The summed E-state index contributed by atoms with van der Waals surface area (Å²) >= 11 is 1.52. The lowest BCUT2D eigenvalue weighted by atomic mass is 10.2. The highest BCUT2D eigenvalue weighted by molar-refractivity contribution is 7.98. The minimum atomic E-state index is -2.17. The molecule has 0 amide bonds. The summed E-state index contributed by atoms with van der Waals surface area (Å²) < 4.78 is 65.8. The molecule has 0 spiro atoms. The third kappa shape index (κ3) is 3.12. The quantitative estimate of drug-likeness (QED) is 0.379. The van der Waals surface area contributed by atoms with Crippen molar-refractivity contribution in [3.8, 4) is 0 Å². The van der Waals surface area contributed by atoms with Crippen molar-refractivity contribution in [3.63, 3.8) is 0 Å². The van der Waals surface area contributed by atoms with Crippen LogP contribution in [0.5, 0.6) is 0 Å². The van der Waals surface area contributed by atoms with Crippen LogP contribution in [0, 0.1) is 29.1 Å². The summed E-state index contributed by atoms with van der Waals surface area (Å²) in [6.45, 7) is -0.0625. The van der Waals surface area contributed by atoms with E-state index in [1.54, 1.807) is 24.3 Å². The summed E-state index contributed by atoms with van der Waals surface area (Å²) in [5.41, 5.74) is -0.378. The van der Waals surface area contributed by atoms with Gasteiger partial charge in [0.2, 0.25) is 5.82 Å². The molecule has 7 heteroatoms. The van der Waals surface area contributed by atoms with E-state index in [9.17, 15) is 22.0 Å². The zero-order valence-corrected chi connectivity index (χ0v) is 11.6. The van der Waals surface area contributed by atoms with E-state index in [2.05, 4.69) is 5.32 Å². The first-order valence-corrected chi connectivity index (χ1v) is 7.06. The minimum absolute atomic E-state index is 0.0625. The molecule has 0 heterocycles. The van der Waals surface area contributed by atoms with Gasteiger partial charge >= 0.3 is 0 Å². The highest BCUT2D eigenvalue weighted by Crippen LogP contribution is 2.27. The Balaban J connectivity index is 2.23. The molecule has 0 aliphatic rings. The Bertz CT molecular complexity index is 628. The van der Waals surface area contributed by atoms with Crippen molar-refractivity contribution in [1.29, 1.82) is 0 Å². The molecule has 0 aliphatic heterocycles. The van der Waals surface area contributed by atoms with E-state index in [1.807, 2.05) is 6.26 Å². The first-order valence-electron chi connectivity index (χ1n) is 5.84. The molecule has 0 bridgehead atoms. The standard InChI is InChI=1S/C14H10F5NS/c1-21-8-4-2-7(3-5-8)6-20-14-12(18)10(16)9(15)11(17)13(14)19/h2-5,20H,6H2,1H3. The van der Waals surface area contributed by atoms with Crippen molar-refractivity contribution in [2.24, 2.45) is 0 Å². The van der Waals surface area contributed by atoms with Crippen LogP contribution in [-0.4, -0.2) is 6.26 Å². The van der Waals surface area contributed by atoms with Gasteiger partial charge in [0.15, 0.2) is 23.3 Å². The third-order valence-electron chi connectivity index (χ3n) is 2.84. The van der Waals surface area contributed by atoms with Crippen molar-refractivity contribution in [3.05, 3.63) is 58.9 Å². The van der Waals surface area contributed by atoms with Crippen LogP contribution in [0.15, 0.2) is 29.2 Å². The lowest BCUT2D eigenvalue weighted by Crippen LogP contribution is -2.09. The molecule has 2 rings (SSSR count). The van der Waals surface area contributed by atoms with Crippen LogP contribution >= 0.6 is 11.8 Å². The summed E-state index contributed by atoms with van der Waals surface area (Å²) in [7, 11) is 0. The summed E-state index contributed by atoms with van der Waals surface area (Å²) in [5.74, 6) is -9.83. The zero-order chi connectivity index (χ0) is 15.6. The first kappa shape index (κ1) is 15.6. The van der Waals surface area contributed by atoms with Crippen LogP contribution in [0.4, 0.5) is 27.6 Å². The van der Waals surface area contributed by atoms with E-state index in [4.69, 9.17) is 0 Å². The van der Waals surface area contributed by atoms with Crippen LogP contribution in [0.3, 0.4) is 0 Å². The van der Waals surface area contributed by atoms with Gasteiger partial charge in [-0.1, -0.05) is 12.1 Å². The summed E-state index contributed by atoms with van der Waals surface area (Å²) in [5, 5.41) is 2.24. The van der Waals surface area contributed by atoms with Crippen molar-refractivity contribution >= 4 is 17.4 Å². The number of rotatable bonds is 4. The van der Waals surface area contributed by atoms with Crippen LogP contribution in [0.25, 0.3) is 0 Å². The second-order valence-corrected chi connectivity index (χ2v) is 5.03. The molecule has 2 aromatic carbocycles. The minimum Gasteiger partial charge on any atom is -0.376 e. The van der Waals surface area contributed by atoms with Crippen molar-refractivity contribution in [1.82, 2.24) is 0 Å². The predicted octanol–water partition coefficient (Wildman–Crippen LogP) is 4.72. The van der Waals surface area contributed by atoms with Gasteiger partial charge in [0, 0.05) is 11.4 Å². The molecule has 0 fully saturated rings. The number of nitrogens with one attached hydrogen (secondary N) is 1. The number of thioether (sulfide) groups is 1. The molecule has 1 nitrogen and oxygen atoms in total. The monoisotopic (exact) mass is 319 g/mol. The summed E-state index contributed by atoms with van der Waals surface area (Å²) in [6, 6.07) is 6.98. The normalized spacial score (nSPS) is 10.8. The Morgan fingerprint density at radius 2 is 1.29 bits per heavy atom. The zero-order valence-electron chi connectivity index (χ0n) is 10.8. The average Bonchev–Trinajstić information content (AvgIpc) is 2.51. The number of hydrogen-bond acceptors (Lipinski definition) is 2. The Morgan fingerprint density at radius 3 is 1.76 bits per heavy atom. The third-order valence-corrected chi connectivity index (χ3v) is 3.58. The average molecular weight is 319 g/mol. The van der Waals surface area contributed by atoms with E-state index in [-0.39, 0.29) is 6.54 Å². The van der Waals surface area contributed by atoms with Gasteiger partial charge in [0.25, 0.3) is 0 Å². The highest BCUT2D eigenvalue weighted by atomic mass is 32.2. The molecule has 0 saturated carbocycles. The second kappa shape index (κ2) is 6.34. The Hall–Kier alpha value is -1.76. The summed E-state index contributed by atoms with van der Waals surface area (Å²) in [6.07, 6.45) is 1.89. The van der Waals surface area contributed by atoms with E-state index < -0.39 is 34.8 Å². The fourth-order valence-electron chi connectivity index (χ4n) is 1.69. The fraction of sp³-hybridized carbons (Fsp3) is 0.143. The largest absolute Gasteiger partial charge is 0.376 e. The van der Waals surface area contributed by atoms with E-state index in [1.165, 1.54) is 11.8 Å². The Kier molecular flexibility index (Phi) is 4.72. The molecule has 0 radical (unpaired) electrons. The maximum Gasteiger partial charge on any atom is 0.200 e. The van der Waals surface area contributed by atoms with Gasteiger partial charge in [-0.05, 0) is 24.0 Å². The fourth-order valence-corrected chi connectivity index (χ4v) is 2.10. The van der Waals surface area contributed by atoms with Gasteiger partial charge in [-0.2, -0.15) is 0 Å². The smallest absolute Gasteiger partial charge is 0.200 e. The number of hydrogen-bond donors (Lipinski definition) is 1. The van der Waals surface area contributed by atoms with Gasteiger partial charge in [0.1, 0.15) is 5.69 Å². The maximum atomic E-state index is 13.4. The Labute approximate surface area is 122 Å². The molecule has 2 aromatic rings. The van der Waals surface area contributed by atoms with E-state index >= 15 is 0 Å². The molecule has 0 saturated heterocycles. The molecule has 21 heavy (non-hydrogen) atoms. The van der Waals surface area contributed by atoms with E-state index in [0.717, 1.165) is 4.90 Å². The number of anilines is 1. The van der Waals surface area contributed by atoms with Gasteiger partial charge < -0.3 is 5.32 Å². The lowest BCUT2D eigenvalue weighted by Gasteiger charge is -2.11. The van der Waals surface area contributed by atoms with Gasteiger partial charge in [0.05, 0.1) is 0 Å². The molecule has 0 unspecified atom stereocenters. The van der Waals surface area contributed by atoms with Crippen LogP contribution in [0.2, 0.25) is 0 Å². The van der Waals surface area contributed by atoms with Crippen LogP contribution < -0.4 is 5.32 Å². The Morgan fingerprint density at radius 1 is 0.810 bits per heavy atom. The molecule has 0 aromatic heterocycles. The van der Waals surface area contributed by atoms with Gasteiger partial charge in [-0.3, -0.25) is 0 Å². The van der Waals surface area contributed by atoms with Gasteiger partial charge in [-0.25, -0.2) is 22.0 Å². The van der Waals surface area contributed by atoms with Crippen molar-refractivity contribution in [2.75, 3.05) is 11.6 Å². The topological polar surface area (TPSA) is 12.0 Å². The molecule has 112 valence electrons. The van der Waals surface area contributed by atoms with E-state index in [0.29, 0.717) is 5.56 Å². The van der Waals surface area contributed by atoms with Crippen molar-refractivity contribution in [2.45, 2.75) is 11.4 Å². The SMILES string of the molecule is CSc1ccc(CNc2c(F)c(F)c(F)c(F)c2F)cc1. The van der Waals surface area contributed by atoms with Gasteiger partial charge in [-0.15, -0.1) is 11.8 Å². The molecule has 0 aliphatic carbocycles. The number of benzene rings is 2. The molecule has 1 N–H and O–H groups in total. The number of halogens is 5. The highest BCUT2D eigenvalue weighted by Gasteiger charge is 2.25. The molecular formula is C14H10F5NS. The maximum absolute atomic E-state index is 13.4. The molecular weight excluding hydrogens is 309 g/mol.